The van der Waals surface area contributed by atoms with Gasteiger partial charge in [0, 0.05) is 17.6 Å². The lowest BCUT2D eigenvalue weighted by Crippen LogP contribution is -2.54. The van der Waals surface area contributed by atoms with E-state index in [1.165, 1.54) is 18.2 Å². The maximum atomic E-state index is 13.0. The average Bonchev–Trinajstić information content (AvgIpc) is 3.19. The van der Waals surface area contributed by atoms with Crippen molar-refractivity contribution in [2.75, 3.05) is 4.90 Å². The van der Waals surface area contributed by atoms with E-state index in [1.54, 1.807) is 53.2 Å². The van der Waals surface area contributed by atoms with Crippen LogP contribution in [0, 0.1) is 6.92 Å². The molecule has 1 aliphatic heterocycles. The third kappa shape index (κ3) is 3.74. The minimum atomic E-state index is -1.29. The zero-order valence-corrected chi connectivity index (χ0v) is 16.4. The Bertz CT molecular complexity index is 1250. The summed E-state index contributed by atoms with van der Waals surface area (Å²) in [6.45, 7) is 1.83. The fraction of sp³-hybridized carbons (Fsp3) is 0.0435. The number of carbonyl (C=O) groups excluding carboxylic acids is 4. The molecule has 0 saturated carbocycles. The van der Waals surface area contributed by atoms with Crippen LogP contribution in [0.5, 0.6) is 0 Å². The molecule has 0 atom stereocenters. The number of carbonyl (C=O) groups is 4. The van der Waals surface area contributed by atoms with E-state index in [9.17, 15) is 24.3 Å². The summed E-state index contributed by atoms with van der Waals surface area (Å²) >= 11 is 0. The van der Waals surface area contributed by atoms with Crippen LogP contribution >= 0.6 is 0 Å². The maximum absolute atomic E-state index is 13.0. The molecule has 1 aliphatic rings. The van der Waals surface area contributed by atoms with Crippen LogP contribution in [0.1, 0.15) is 21.6 Å². The van der Waals surface area contributed by atoms with E-state index < -0.39 is 23.8 Å². The Balaban J connectivity index is 1.72. The van der Waals surface area contributed by atoms with Gasteiger partial charge in [-0.15, -0.1) is 0 Å². The largest absolute Gasteiger partial charge is 0.545 e. The van der Waals surface area contributed by atoms with Gasteiger partial charge < -0.3 is 14.5 Å². The van der Waals surface area contributed by atoms with E-state index in [0.717, 1.165) is 10.5 Å². The first-order chi connectivity index (χ1) is 14.8. The molecule has 0 spiro atoms. The molecular weight excluding hydrogens is 398 g/mol. The number of aromatic carboxylic acids is 1. The van der Waals surface area contributed by atoms with Crippen molar-refractivity contribution in [3.05, 3.63) is 89.3 Å². The lowest BCUT2D eigenvalue weighted by molar-refractivity contribution is -0.255. The number of hydrogen-bond acceptors (Lipinski definition) is 5. The molecule has 3 aromatic rings. The fourth-order valence-corrected chi connectivity index (χ4v) is 3.31. The molecule has 1 fully saturated rings. The van der Waals surface area contributed by atoms with Gasteiger partial charge in [0.2, 0.25) is 0 Å². The summed E-state index contributed by atoms with van der Waals surface area (Å²) in [5.74, 6) is -2.81. The van der Waals surface area contributed by atoms with Crippen LogP contribution in [-0.4, -0.2) is 28.4 Å². The number of benzene rings is 2. The standard InChI is InChI=1S/C23H17N3O5/c1-14-4-2-5-18(12-14)26-21(28)19(20(27)24-23(26)31)13-17-6-3-11-25(17)16-9-7-15(8-10-16)22(29)30/h2-13H,1H3,(H,29,30)(H,24,27,31)/p-1/b19-13+. The molecule has 0 bridgehead atoms. The molecule has 1 saturated heterocycles. The molecular formula is C23H16N3O5-. The van der Waals surface area contributed by atoms with Gasteiger partial charge in [0.25, 0.3) is 11.8 Å². The van der Waals surface area contributed by atoms with Crippen molar-refractivity contribution in [2.45, 2.75) is 6.92 Å². The number of nitrogens with one attached hydrogen (secondary N) is 1. The van der Waals surface area contributed by atoms with Crippen LogP contribution in [-0.2, 0) is 9.59 Å². The van der Waals surface area contributed by atoms with Crippen LogP contribution in [0.2, 0.25) is 0 Å². The van der Waals surface area contributed by atoms with Crippen molar-refractivity contribution in [3.63, 3.8) is 0 Å². The van der Waals surface area contributed by atoms with Gasteiger partial charge in [0.15, 0.2) is 0 Å². The molecule has 0 aliphatic carbocycles. The number of anilines is 1. The van der Waals surface area contributed by atoms with E-state index in [0.29, 0.717) is 17.1 Å². The van der Waals surface area contributed by atoms with Gasteiger partial charge in [0.1, 0.15) is 5.57 Å². The Labute approximate surface area is 177 Å². The van der Waals surface area contributed by atoms with Crippen LogP contribution in [0.3, 0.4) is 0 Å². The van der Waals surface area contributed by atoms with Crippen LogP contribution in [0.25, 0.3) is 11.8 Å². The predicted molar refractivity (Wildman–Crippen MR) is 110 cm³/mol. The second kappa shape index (κ2) is 7.75. The molecule has 4 amide bonds. The highest BCUT2D eigenvalue weighted by Crippen LogP contribution is 2.24. The highest BCUT2D eigenvalue weighted by Gasteiger charge is 2.37. The third-order valence-electron chi connectivity index (χ3n) is 4.82. The van der Waals surface area contributed by atoms with Gasteiger partial charge in [-0.3, -0.25) is 14.9 Å². The Morgan fingerprint density at radius 1 is 0.968 bits per heavy atom. The zero-order valence-electron chi connectivity index (χ0n) is 16.4. The number of imide groups is 2. The van der Waals surface area contributed by atoms with Crippen LogP contribution in [0.15, 0.2) is 72.4 Å². The number of carboxylic acids is 1. The van der Waals surface area contributed by atoms with Crippen LogP contribution in [0.4, 0.5) is 10.5 Å². The normalized spacial score (nSPS) is 15.3. The van der Waals surface area contributed by atoms with Crippen molar-refractivity contribution < 1.29 is 24.3 Å². The third-order valence-corrected chi connectivity index (χ3v) is 4.82. The second-order valence-electron chi connectivity index (χ2n) is 6.93. The van der Waals surface area contributed by atoms with E-state index in [2.05, 4.69) is 5.32 Å². The van der Waals surface area contributed by atoms with E-state index in [1.807, 2.05) is 13.0 Å². The number of aryl methyl sites for hydroxylation is 1. The summed E-state index contributed by atoms with van der Waals surface area (Å²) < 4.78 is 1.68. The monoisotopic (exact) mass is 414 g/mol. The van der Waals surface area contributed by atoms with Gasteiger partial charge >= 0.3 is 6.03 Å². The van der Waals surface area contributed by atoms with Gasteiger partial charge in [-0.25, -0.2) is 9.69 Å². The summed E-state index contributed by atoms with van der Waals surface area (Å²) in [6.07, 6.45) is 3.09. The Morgan fingerprint density at radius 2 is 1.71 bits per heavy atom. The molecule has 0 unspecified atom stereocenters. The molecule has 31 heavy (non-hydrogen) atoms. The van der Waals surface area contributed by atoms with Crippen molar-refractivity contribution in [1.82, 2.24) is 9.88 Å². The summed E-state index contributed by atoms with van der Waals surface area (Å²) in [5, 5.41) is 13.2. The SMILES string of the molecule is Cc1cccc(N2C(=O)NC(=O)/C(=C\c3cccn3-c3ccc(C(=O)[O-])cc3)C2=O)c1. The van der Waals surface area contributed by atoms with Crippen molar-refractivity contribution in [2.24, 2.45) is 0 Å². The number of hydrogen-bond donors (Lipinski definition) is 1. The Morgan fingerprint density at radius 3 is 2.39 bits per heavy atom. The Kier molecular flexibility index (Phi) is 4.96. The van der Waals surface area contributed by atoms with Crippen LogP contribution < -0.4 is 15.3 Å². The average molecular weight is 414 g/mol. The second-order valence-corrected chi connectivity index (χ2v) is 6.93. The quantitative estimate of drug-likeness (QED) is 0.517. The van der Waals surface area contributed by atoms with E-state index in [4.69, 9.17) is 0 Å². The molecule has 2 aromatic carbocycles. The van der Waals surface area contributed by atoms with Crippen molar-refractivity contribution in [1.29, 1.82) is 0 Å². The molecule has 0 radical (unpaired) electrons. The summed E-state index contributed by atoms with van der Waals surface area (Å²) in [4.78, 5) is 49.7. The lowest BCUT2D eigenvalue weighted by Gasteiger charge is -2.26. The van der Waals surface area contributed by atoms with Gasteiger partial charge in [-0.1, -0.05) is 24.3 Å². The van der Waals surface area contributed by atoms with Crippen molar-refractivity contribution >= 4 is 35.6 Å². The fourth-order valence-electron chi connectivity index (χ4n) is 3.31. The first-order valence-corrected chi connectivity index (χ1v) is 9.32. The lowest BCUT2D eigenvalue weighted by atomic mass is 10.1. The summed E-state index contributed by atoms with van der Waals surface area (Å²) in [7, 11) is 0. The number of aromatic nitrogens is 1. The number of urea groups is 1. The smallest absolute Gasteiger partial charge is 0.335 e. The van der Waals surface area contributed by atoms with Gasteiger partial charge in [-0.2, -0.15) is 0 Å². The first-order valence-electron chi connectivity index (χ1n) is 9.32. The summed E-state index contributed by atoms with van der Waals surface area (Å²) in [5.41, 5.74) is 2.16. The molecule has 8 nitrogen and oxygen atoms in total. The van der Waals surface area contributed by atoms with Gasteiger partial charge in [-0.05, 0) is 60.5 Å². The minimum absolute atomic E-state index is 0.0324. The molecule has 154 valence electrons. The maximum Gasteiger partial charge on any atom is 0.335 e. The van der Waals surface area contributed by atoms with Gasteiger partial charge in [0.05, 0.1) is 11.7 Å². The number of barbiturate groups is 1. The number of amides is 4. The highest BCUT2D eigenvalue weighted by atomic mass is 16.4. The van der Waals surface area contributed by atoms with E-state index in [-0.39, 0.29) is 11.1 Å². The molecule has 1 N–H and O–H groups in total. The molecule has 1 aromatic heterocycles. The molecule has 8 heteroatoms. The predicted octanol–water partition coefficient (Wildman–Crippen LogP) is 1.82. The minimum Gasteiger partial charge on any atom is -0.545 e. The Hall–Kier alpha value is -4.46. The van der Waals surface area contributed by atoms with E-state index >= 15 is 0 Å². The number of carboxylic acid groups (broad SMARTS) is 1. The van der Waals surface area contributed by atoms with Crippen molar-refractivity contribution in [3.8, 4) is 5.69 Å². The number of nitrogens with zero attached hydrogens (tertiary/aromatic N) is 2. The number of rotatable bonds is 4. The highest BCUT2D eigenvalue weighted by molar-refractivity contribution is 6.39. The topological polar surface area (TPSA) is 112 Å². The first kappa shape index (κ1) is 19.8. The molecule has 2 heterocycles. The molecule has 4 rings (SSSR count). The zero-order chi connectivity index (χ0) is 22.1. The summed E-state index contributed by atoms with van der Waals surface area (Å²) in [6, 6.07) is 15.4.